The lowest BCUT2D eigenvalue weighted by molar-refractivity contribution is -0.136. The van der Waals surface area contributed by atoms with Gasteiger partial charge >= 0.3 is 5.97 Å². The number of H-pyrrole nitrogens is 1. The zero-order valence-corrected chi connectivity index (χ0v) is 22.9. The van der Waals surface area contributed by atoms with Gasteiger partial charge in [-0.3, -0.25) is 19.9 Å². The number of anilines is 1. The van der Waals surface area contributed by atoms with Gasteiger partial charge in [0, 0.05) is 41.3 Å². The Morgan fingerprint density at radius 2 is 1.95 bits per heavy atom. The number of aromatic nitrogens is 1. The number of amides is 1. The number of aliphatic hydroxyl groups is 3. The Morgan fingerprint density at radius 1 is 1.20 bits per heavy atom. The molecule has 0 bridgehead atoms. The molecule has 216 valence electrons. The van der Waals surface area contributed by atoms with Crippen LogP contribution in [0.2, 0.25) is 0 Å². The number of guanidine groups is 1. The van der Waals surface area contributed by atoms with Gasteiger partial charge in [-0.15, -0.1) is 0 Å². The van der Waals surface area contributed by atoms with Gasteiger partial charge in [0.15, 0.2) is 5.96 Å². The van der Waals surface area contributed by atoms with Crippen LogP contribution in [0.3, 0.4) is 0 Å². The molecule has 3 aromatic rings. The predicted octanol–water partition coefficient (Wildman–Crippen LogP) is 0.176. The van der Waals surface area contributed by atoms with E-state index in [4.69, 9.17) is 10.8 Å². The Kier molecular flexibility index (Phi) is 11.2. The number of benzene rings is 2. The summed E-state index contributed by atoms with van der Waals surface area (Å²) >= 11 is 3.38. The van der Waals surface area contributed by atoms with Crippen LogP contribution in [-0.2, 0) is 9.59 Å². The molecule has 0 aliphatic carbocycles. The fraction of sp³-hybridized carbons (Fsp3) is 0.320. The van der Waals surface area contributed by atoms with Gasteiger partial charge in [-0.2, -0.15) is 0 Å². The standard InChI is InChI=1S/C16H23N5O6.C9H9BrN2O/c22-11-4-9(15(27)18-8-13(24)17-2-1-14(25)26)3-10(5-11)21-16-19-6-12(23)7-20-16;10-7-5-3-1-2-4-6(5)12-8(7)9(11)13/h3-5,12,15,18,22-23,27H,1-2,6-8H2,(H,17,24)(H,25,26)(H2,19,20,21);1-4,9,12-13H,11H2. The zero-order valence-electron chi connectivity index (χ0n) is 21.3. The molecule has 0 saturated carbocycles. The Labute approximate surface area is 237 Å². The molecule has 0 radical (unpaired) electrons. The Bertz CT molecular complexity index is 1350. The first-order valence-electron chi connectivity index (χ1n) is 12.2. The minimum absolute atomic E-state index is 0.00402. The van der Waals surface area contributed by atoms with Gasteiger partial charge in [-0.25, -0.2) is 0 Å². The van der Waals surface area contributed by atoms with Gasteiger partial charge < -0.3 is 52.2 Å². The molecular weight excluding hydrogens is 590 g/mol. The van der Waals surface area contributed by atoms with Gasteiger partial charge in [0.1, 0.15) is 18.2 Å². The van der Waals surface area contributed by atoms with Crippen molar-refractivity contribution in [1.82, 2.24) is 20.9 Å². The number of para-hydroxylation sites is 1. The molecule has 1 amide bonds. The van der Waals surface area contributed by atoms with Crippen LogP contribution < -0.4 is 27.0 Å². The third kappa shape index (κ3) is 9.18. The third-order valence-electron chi connectivity index (χ3n) is 5.57. The third-order valence-corrected chi connectivity index (χ3v) is 6.42. The topological polar surface area (TPSA) is 238 Å². The summed E-state index contributed by atoms with van der Waals surface area (Å²) in [5.41, 5.74) is 7.72. The van der Waals surface area contributed by atoms with E-state index in [9.17, 15) is 30.0 Å². The number of fused-ring (bicyclic) bond motifs is 1. The van der Waals surface area contributed by atoms with E-state index in [0.717, 1.165) is 15.4 Å². The van der Waals surface area contributed by atoms with Crippen molar-refractivity contribution in [3.05, 3.63) is 58.2 Å². The molecule has 40 heavy (non-hydrogen) atoms. The average molecular weight is 622 g/mol. The van der Waals surface area contributed by atoms with Crippen LogP contribution in [0.5, 0.6) is 5.75 Å². The Morgan fingerprint density at radius 3 is 2.60 bits per heavy atom. The number of carboxylic acids is 1. The molecule has 0 saturated heterocycles. The summed E-state index contributed by atoms with van der Waals surface area (Å²) in [6.07, 6.45) is -2.94. The van der Waals surface area contributed by atoms with Crippen molar-refractivity contribution in [2.24, 2.45) is 10.7 Å². The first-order chi connectivity index (χ1) is 19.0. The van der Waals surface area contributed by atoms with Crippen molar-refractivity contribution >= 4 is 50.4 Å². The number of carbonyl (C=O) groups excluding carboxylic acids is 1. The minimum Gasteiger partial charge on any atom is -0.508 e. The van der Waals surface area contributed by atoms with Crippen molar-refractivity contribution in [1.29, 1.82) is 0 Å². The number of β-amino-alcohol motifs (C(OH)–C–C–N with tert-alkyl or cyclic N) is 1. The van der Waals surface area contributed by atoms with E-state index in [1.165, 1.54) is 12.1 Å². The molecule has 2 aromatic carbocycles. The number of aliphatic imine (C=N–C) groups is 1. The maximum absolute atomic E-state index is 11.6. The number of nitrogens with two attached hydrogens (primary N) is 1. The molecule has 1 aliphatic rings. The van der Waals surface area contributed by atoms with Crippen LogP contribution in [0.4, 0.5) is 5.69 Å². The number of aliphatic hydroxyl groups excluding tert-OH is 3. The molecule has 2 heterocycles. The van der Waals surface area contributed by atoms with Crippen LogP contribution in [0.15, 0.2) is 51.9 Å². The van der Waals surface area contributed by atoms with Crippen LogP contribution in [-0.4, -0.2) is 80.6 Å². The van der Waals surface area contributed by atoms with E-state index in [-0.39, 0.29) is 31.8 Å². The molecule has 12 N–H and O–H groups in total. The van der Waals surface area contributed by atoms with Crippen LogP contribution in [0.25, 0.3) is 10.9 Å². The van der Waals surface area contributed by atoms with Gasteiger partial charge in [0.25, 0.3) is 0 Å². The quantitative estimate of drug-likeness (QED) is 0.144. The number of nitrogens with one attached hydrogen (secondary N) is 5. The minimum atomic E-state index is -1.23. The first kappa shape index (κ1) is 30.8. The summed E-state index contributed by atoms with van der Waals surface area (Å²) in [6, 6.07) is 12.1. The van der Waals surface area contributed by atoms with Crippen molar-refractivity contribution in [2.45, 2.75) is 25.0 Å². The molecule has 15 heteroatoms. The molecule has 0 spiro atoms. The molecule has 1 aromatic heterocycles. The SMILES string of the molecule is NC(O)c1[nH]c2ccccc2c1Br.O=C(O)CCNC(=O)CNC(O)c1cc(O)cc(NC2=NCC(O)CN2)c1. The highest BCUT2D eigenvalue weighted by Crippen LogP contribution is 2.29. The number of aromatic amines is 1. The van der Waals surface area contributed by atoms with E-state index in [1.54, 1.807) is 6.07 Å². The lowest BCUT2D eigenvalue weighted by atomic mass is 10.1. The summed E-state index contributed by atoms with van der Waals surface area (Å²) in [5, 5.41) is 59.0. The lowest BCUT2D eigenvalue weighted by Crippen LogP contribution is -2.42. The van der Waals surface area contributed by atoms with Crippen molar-refractivity contribution in [3.63, 3.8) is 0 Å². The second kappa shape index (κ2) is 14.6. The van der Waals surface area contributed by atoms with Crippen molar-refractivity contribution in [3.8, 4) is 5.75 Å². The van der Waals surface area contributed by atoms with E-state index < -0.39 is 30.4 Å². The highest BCUT2D eigenvalue weighted by atomic mass is 79.9. The number of halogens is 1. The monoisotopic (exact) mass is 621 g/mol. The molecule has 1 aliphatic heterocycles. The van der Waals surface area contributed by atoms with E-state index in [1.807, 2.05) is 24.3 Å². The van der Waals surface area contributed by atoms with E-state index in [2.05, 4.69) is 47.2 Å². The number of nitrogens with zero attached hydrogens (tertiary/aromatic N) is 1. The second-order valence-electron chi connectivity index (χ2n) is 8.78. The van der Waals surface area contributed by atoms with Crippen molar-refractivity contribution < 1.29 is 35.1 Å². The number of phenols is 1. The van der Waals surface area contributed by atoms with Crippen LogP contribution in [0, 0.1) is 0 Å². The van der Waals surface area contributed by atoms with E-state index in [0.29, 0.717) is 29.4 Å². The summed E-state index contributed by atoms with van der Waals surface area (Å²) in [6.45, 7) is 0.363. The van der Waals surface area contributed by atoms with Gasteiger partial charge in [0.2, 0.25) is 5.91 Å². The van der Waals surface area contributed by atoms with E-state index >= 15 is 0 Å². The molecule has 14 nitrogen and oxygen atoms in total. The fourth-order valence-electron chi connectivity index (χ4n) is 3.63. The number of phenolic OH excluding ortho intramolecular Hbond substituents is 1. The van der Waals surface area contributed by atoms with Crippen LogP contribution >= 0.6 is 15.9 Å². The number of hydrogen-bond donors (Lipinski definition) is 11. The number of aromatic hydroxyl groups is 1. The first-order valence-corrected chi connectivity index (χ1v) is 13.0. The van der Waals surface area contributed by atoms with Crippen molar-refractivity contribution in [2.75, 3.05) is 31.5 Å². The number of rotatable bonds is 9. The molecule has 4 rings (SSSR count). The normalized spacial score (nSPS) is 16.1. The van der Waals surface area contributed by atoms with Gasteiger partial charge in [-0.1, -0.05) is 18.2 Å². The zero-order chi connectivity index (χ0) is 29.2. The second-order valence-corrected chi connectivity index (χ2v) is 9.58. The smallest absolute Gasteiger partial charge is 0.305 e. The van der Waals surface area contributed by atoms with Gasteiger partial charge in [0.05, 0.1) is 35.8 Å². The number of aliphatic carboxylic acids is 1. The molecule has 0 fully saturated rings. The average Bonchev–Trinajstić information content (AvgIpc) is 3.25. The molecular formula is C25H32BrN7O7. The predicted molar refractivity (Wildman–Crippen MR) is 151 cm³/mol. The molecule has 3 atom stereocenters. The highest BCUT2D eigenvalue weighted by Gasteiger charge is 2.15. The largest absolute Gasteiger partial charge is 0.508 e. The number of carbonyl (C=O) groups is 2. The molecule has 3 unspecified atom stereocenters. The van der Waals surface area contributed by atoms with Gasteiger partial charge in [-0.05, 0) is 34.1 Å². The Balaban J connectivity index is 0.000000281. The lowest BCUT2D eigenvalue weighted by Gasteiger charge is -2.21. The number of carboxylic acid groups (broad SMARTS) is 1. The summed E-state index contributed by atoms with van der Waals surface area (Å²) in [5.74, 6) is -1.15. The summed E-state index contributed by atoms with van der Waals surface area (Å²) < 4.78 is 0.832. The highest BCUT2D eigenvalue weighted by molar-refractivity contribution is 9.10. The maximum Gasteiger partial charge on any atom is 0.305 e. The summed E-state index contributed by atoms with van der Waals surface area (Å²) in [7, 11) is 0. The maximum atomic E-state index is 11.6. The fourth-order valence-corrected chi connectivity index (χ4v) is 4.31. The number of hydrogen-bond acceptors (Lipinski definition) is 11. The Hall–Kier alpha value is -3.73. The van der Waals surface area contributed by atoms with Crippen LogP contribution in [0.1, 0.15) is 30.1 Å². The summed E-state index contributed by atoms with van der Waals surface area (Å²) in [4.78, 5) is 29.1.